The maximum absolute atomic E-state index is 12.4. The number of amides is 1. The van der Waals surface area contributed by atoms with Crippen LogP contribution in [0.15, 0.2) is 24.3 Å². The van der Waals surface area contributed by atoms with Crippen LogP contribution < -0.4 is 10.6 Å². The smallest absolute Gasteiger partial charge is 0.307 e. The van der Waals surface area contributed by atoms with Crippen LogP contribution in [-0.4, -0.2) is 29.6 Å². The molecule has 114 valence electrons. The fourth-order valence-electron chi connectivity index (χ4n) is 2.75. The van der Waals surface area contributed by atoms with E-state index in [-0.39, 0.29) is 23.8 Å². The van der Waals surface area contributed by atoms with E-state index in [9.17, 15) is 9.59 Å². The van der Waals surface area contributed by atoms with Crippen LogP contribution in [-0.2, 0) is 16.0 Å². The number of carboxylic acid groups (broad SMARTS) is 1. The summed E-state index contributed by atoms with van der Waals surface area (Å²) < 4.78 is 0. The van der Waals surface area contributed by atoms with Gasteiger partial charge in [0, 0.05) is 5.69 Å². The molecule has 1 saturated heterocycles. The average Bonchev–Trinajstić information content (AvgIpc) is 2.39. The topological polar surface area (TPSA) is 78.4 Å². The lowest BCUT2D eigenvalue weighted by Crippen LogP contribution is -2.53. The summed E-state index contributed by atoms with van der Waals surface area (Å²) in [6, 6.07) is 6.73. The van der Waals surface area contributed by atoms with E-state index in [1.807, 2.05) is 0 Å². The van der Waals surface area contributed by atoms with Gasteiger partial charge in [-0.2, -0.15) is 0 Å². The lowest BCUT2D eigenvalue weighted by Gasteiger charge is -2.38. The molecule has 1 unspecified atom stereocenters. The van der Waals surface area contributed by atoms with Gasteiger partial charge in [0.2, 0.25) is 5.91 Å². The zero-order valence-corrected chi connectivity index (χ0v) is 12.5. The van der Waals surface area contributed by atoms with Crippen LogP contribution in [0.5, 0.6) is 0 Å². The number of piperidine rings is 1. The minimum atomic E-state index is -0.861. The number of anilines is 1. The second kappa shape index (κ2) is 6.26. The minimum absolute atomic E-state index is 0.00849. The highest BCUT2D eigenvalue weighted by Crippen LogP contribution is 2.30. The normalized spacial score (nSPS) is 20.8. The third kappa shape index (κ3) is 4.04. The second-order valence-electron chi connectivity index (χ2n) is 6.24. The molecule has 5 heteroatoms. The Bertz CT molecular complexity index is 523. The Morgan fingerprint density at radius 1 is 1.33 bits per heavy atom. The van der Waals surface area contributed by atoms with Crippen molar-refractivity contribution in [3.05, 3.63) is 29.8 Å². The number of carboxylic acids is 1. The van der Waals surface area contributed by atoms with Crippen molar-refractivity contribution in [2.75, 3.05) is 11.9 Å². The van der Waals surface area contributed by atoms with E-state index in [4.69, 9.17) is 5.11 Å². The van der Waals surface area contributed by atoms with Gasteiger partial charge in [0.25, 0.3) is 0 Å². The lowest BCUT2D eigenvalue weighted by molar-refractivity contribution is -0.136. The molecule has 1 heterocycles. The summed E-state index contributed by atoms with van der Waals surface area (Å²) in [5.41, 5.74) is 1.35. The summed E-state index contributed by atoms with van der Waals surface area (Å²) >= 11 is 0. The van der Waals surface area contributed by atoms with Gasteiger partial charge in [0.05, 0.1) is 12.5 Å². The van der Waals surface area contributed by atoms with Gasteiger partial charge in [-0.15, -0.1) is 0 Å². The number of carbonyl (C=O) groups excluding carboxylic acids is 1. The quantitative estimate of drug-likeness (QED) is 0.793. The zero-order valence-electron chi connectivity index (χ0n) is 12.5. The van der Waals surface area contributed by atoms with Gasteiger partial charge < -0.3 is 15.7 Å². The van der Waals surface area contributed by atoms with Gasteiger partial charge in [-0.1, -0.05) is 26.0 Å². The van der Waals surface area contributed by atoms with Crippen LogP contribution in [0.3, 0.4) is 0 Å². The summed E-state index contributed by atoms with van der Waals surface area (Å²) in [6.07, 6.45) is 2.10. The first-order valence-corrected chi connectivity index (χ1v) is 7.23. The molecular formula is C16H22N2O3. The fourth-order valence-corrected chi connectivity index (χ4v) is 2.75. The molecule has 1 fully saturated rings. The van der Waals surface area contributed by atoms with Crippen LogP contribution in [0.2, 0.25) is 0 Å². The molecule has 2 rings (SSSR count). The first kappa shape index (κ1) is 15.5. The van der Waals surface area contributed by atoms with E-state index < -0.39 is 5.97 Å². The highest BCUT2D eigenvalue weighted by molar-refractivity contribution is 5.95. The van der Waals surface area contributed by atoms with Gasteiger partial charge in [0.1, 0.15) is 0 Å². The molecule has 1 atom stereocenters. The highest BCUT2D eigenvalue weighted by atomic mass is 16.4. The third-order valence-electron chi connectivity index (χ3n) is 3.97. The van der Waals surface area contributed by atoms with Crippen molar-refractivity contribution in [1.82, 2.24) is 5.32 Å². The van der Waals surface area contributed by atoms with Crippen LogP contribution in [0.25, 0.3) is 0 Å². The summed E-state index contributed by atoms with van der Waals surface area (Å²) in [7, 11) is 0. The Morgan fingerprint density at radius 2 is 2.00 bits per heavy atom. The molecule has 0 radical (unpaired) electrons. The number of hydrogen-bond donors (Lipinski definition) is 3. The average molecular weight is 290 g/mol. The van der Waals surface area contributed by atoms with Gasteiger partial charge >= 0.3 is 5.97 Å². The van der Waals surface area contributed by atoms with Crippen LogP contribution in [0, 0.1) is 5.41 Å². The largest absolute Gasteiger partial charge is 0.481 e. The van der Waals surface area contributed by atoms with Crippen molar-refractivity contribution >= 4 is 17.6 Å². The molecule has 1 amide bonds. The SMILES string of the molecule is CC1(C)CCCNC1C(=O)Nc1ccc(CC(=O)O)cc1. The number of aliphatic carboxylic acids is 1. The van der Waals surface area contributed by atoms with E-state index in [1.165, 1.54) is 0 Å². The minimum Gasteiger partial charge on any atom is -0.481 e. The van der Waals surface area contributed by atoms with E-state index in [0.29, 0.717) is 5.69 Å². The Kier molecular flexibility index (Phi) is 4.63. The Hall–Kier alpha value is -1.88. The predicted molar refractivity (Wildman–Crippen MR) is 81.2 cm³/mol. The maximum atomic E-state index is 12.4. The highest BCUT2D eigenvalue weighted by Gasteiger charge is 2.36. The molecule has 5 nitrogen and oxygen atoms in total. The summed E-state index contributed by atoms with van der Waals surface area (Å²) in [5, 5.41) is 14.9. The van der Waals surface area contributed by atoms with Crippen molar-refractivity contribution in [3.8, 4) is 0 Å². The Balaban J connectivity index is 2.00. The Labute approximate surface area is 124 Å². The standard InChI is InChI=1S/C16H22N2O3/c1-16(2)8-3-9-17-14(16)15(21)18-12-6-4-11(5-7-12)10-13(19)20/h4-7,14,17H,3,8-10H2,1-2H3,(H,18,21)(H,19,20). The van der Waals surface area contributed by atoms with E-state index in [2.05, 4.69) is 24.5 Å². The molecule has 1 aromatic carbocycles. The fraction of sp³-hybridized carbons (Fsp3) is 0.500. The predicted octanol–water partition coefficient (Wildman–Crippen LogP) is 2.03. The monoisotopic (exact) mass is 290 g/mol. The molecule has 0 aromatic heterocycles. The summed E-state index contributed by atoms with van der Waals surface area (Å²) in [4.78, 5) is 23.0. The summed E-state index contributed by atoms with van der Waals surface area (Å²) in [5.74, 6) is -0.898. The zero-order chi connectivity index (χ0) is 15.5. The first-order valence-electron chi connectivity index (χ1n) is 7.23. The molecule has 0 spiro atoms. The molecule has 0 bridgehead atoms. The van der Waals surface area contributed by atoms with Crippen molar-refractivity contribution in [1.29, 1.82) is 0 Å². The van der Waals surface area contributed by atoms with Crippen LogP contribution in [0.1, 0.15) is 32.3 Å². The molecule has 1 aliphatic heterocycles. The number of nitrogens with one attached hydrogen (secondary N) is 2. The van der Waals surface area contributed by atoms with E-state index in [0.717, 1.165) is 24.9 Å². The number of benzene rings is 1. The first-order chi connectivity index (χ1) is 9.88. The van der Waals surface area contributed by atoms with Crippen LogP contribution >= 0.6 is 0 Å². The molecule has 21 heavy (non-hydrogen) atoms. The molecule has 0 saturated carbocycles. The lowest BCUT2D eigenvalue weighted by atomic mass is 9.77. The number of carbonyl (C=O) groups is 2. The number of hydrogen-bond acceptors (Lipinski definition) is 3. The third-order valence-corrected chi connectivity index (χ3v) is 3.97. The van der Waals surface area contributed by atoms with Gasteiger partial charge in [-0.3, -0.25) is 9.59 Å². The van der Waals surface area contributed by atoms with Crippen molar-refractivity contribution in [2.24, 2.45) is 5.41 Å². The molecule has 1 aliphatic rings. The molecule has 1 aromatic rings. The van der Waals surface area contributed by atoms with Gasteiger partial charge in [-0.05, 0) is 42.5 Å². The second-order valence-corrected chi connectivity index (χ2v) is 6.24. The van der Waals surface area contributed by atoms with E-state index in [1.54, 1.807) is 24.3 Å². The maximum Gasteiger partial charge on any atom is 0.307 e. The van der Waals surface area contributed by atoms with Crippen molar-refractivity contribution in [3.63, 3.8) is 0 Å². The molecule has 0 aliphatic carbocycles. The molecule has 3 N–H and O–H groups in total. The van der Waals surface area contributed by atoms with Crippen LogP contribution in [0.4, 0.5) is 5.69 Å². The molecular weight excluding hydrogens is 268 g/mol. The van der Waals surface area contributed by atoms with Crippen molar-refractivity contribution < 1.29 is 14.7 Å². The van der Waals surface area contributed by atoms with Gasteiger partial charge in [-0.25, -0.2) is 0 Å². The number of rotatable bonds is 4. The Morgan fingerprint density at radius 3 is 2.57 bits per heavy atom. The van der Waals surface area contributed by atoms with Crippen molar-refractivity contribution in [2.45, 2.75) is 39.2 Å². The van der Waals surface area contributed by atoms with Gasteiger partial charge in [0.15, 0.2) is 0 Å². The van der Waals surface area contributed by atoms with E-state index >= 15 is 0 Å². The summed E-state index contributed by atoms with van der Waals surface area (Å²) in [6.45, 7) is 5.05.